The topological polar surface area (TPSA) is 49.2 Å². The van der Waals surface area contributed by atoms with Gasteiger partial charge in [-0.05, 0) is 93.4 Å². The maximum absolute atomic E-state index is 6.26. The molecule has 0 amide bonds. The standard InChI is InChI=1S/C36H50N4OS/c1-7-10-17-34(41-26-28-15-12-11-13-16-28)33(14-8-2)39-36(37-5)38-31-20-18-30(19-21-31)35(42)27(4)32(9-3)29-22-24-40(6)25-23-29/h7,10-13,15-21,27,29,32H,8-9,14,22-26H2,1-6H3,(H,37,38). The molecular formula is C36H50N4OS. The van der Waals surface area contributed by atoms with Gasteiger partial charge in [-0.2, -0.15) is 0 Å². The molecular weight excluding hydrogens is 536 g/mol. The number of nitrogens with zero attached hydrogens (tertiary/aromatic N) is 3. The Balaban J connectivity index is 1.72. The van der Waals surface area contributed by atoms with E-state index in [9.17, 15) is 0 Å². The monoisotopic (exact) mass is 586 g/mol. The molecule has 226 valence electrons. The van der Waals surface area contributed by atoms with E-state index in [0.29, 0.717) is 24.4 Å². The summed E-state index contributed by atoms with van der Waals surface area (Å²) in [5.41, 5.74) is 4.04. The Kier molecular flexibility index (Phi) is 14.1. The summed E-state index contributed by atoms with van der Waals surface area (Å²) in [6, 6.07) is 18.6. The predicted molar refractivity (Wildman–Crippen MR) is 185 cm³/mol. The Morgan fingerprint density at radius 1 is 1.10 bits per heavy atom. The summed E-state index contributed by atoms with van der Waals surface area (Å²) < 4.78 is 6.26. The first kappa shape index (κ1) is 33.4. The zero-order chi connectivity index (χ0) is 30.3. The third-order valence-corrected chi connectivity index (χ3v) is 8.83. The van der Waals surface area contributed by atoms with Crippen molar-refractivity contribution >= 4 is 34.4 Å². The number of aliphatic imine (C=N–C) groups is 2. The first-order valence-corrected chi connectivity index (χ1v) is 15.9. The molecule has 0 aliphatic carbocycles. The van der Waals surface area contributed by atoms with Gasteiger partial charge >= 0.3 is 0 Å². The number of hydrogen-bond acceptors (Lipinski definition) is 4. The van der Waals surface area contributed by atoms with Crippen molar-refractivity contribution in [2.24, 2.45) is 27.7 Å². The van der Waals surface area contributed by atoms with Gasteiger partial charge < -0.3 is 15.0 Å². The van der Waals surface area contributed by atoms with Crippen LogP contribution in [0, 0.1) is 17.8 Å². The van der Waals surface area contributed by atoms with E-state index >= 15 is 0 Å². The number of hydrogen-bond donors (Lipinski definition) is 1. The van der Waals surface area contributed by atoms with E-state index in [4.69, 9.17) is 21.9 Å². The van der Waals surface area contributed by atoms with E-state index < -0.39 is 0 Å². The number of benzene rings is 2. The molecule has 0 bridgehead atoms. The van der Waals surface area contributed by atoms with Gasteiger partial charge in [0.1, 0.15) is 12.4 Å². The minimum Gasteiger partial charge on any atom is -0.487 e. The summed E-state index contributed by atoms with van der Waals surface area (Å²) in [7, 11) is 3.99. The highest BCUT2D eigenvalue weighted by Gasteiger charge is 2.30. The molecule has 1 heterocycles. The van der Waals surface area contributed by atoms with Gasteiger partial charge in [0.05, 0.1) is 5.71 Å². The van der Waals surface area contributed by atoms with Crippen molar-refractivity contribution < 1.29 is 4.74 Å². The molecule has 6 heteroatoms. The van der Waals surface area contributed by atoms with Gasteiger partial charge in [-0.3, -0.25) is 4.99 Å². The fourth-order valence-corrected chi connectivity index (χ4v) is 6.05. The van der Waals surface area contributed by atoms with Crippen LogP contribution < -0.4 is 5.32 Å². The highest BCUT2D eigenvalue weighted by molar-refractivity contribution is 7.80. The normalized spacial score (nSPS) is 17.3. The highest BCUT2D eigenvalue weighted by atomic mass is 32.1. The molecule has 0 saturated carbocycles. The molecule has 3 rings (SSSR count). The first-order valence-electron chi connectivity index (χ1n) is 15.5. The van der Waals surface area contributed by atoms with Crippen LogP contribution in [0.15, 0.2) is 88.6 Å². The number of likely N-dealkylation sites (tertiary alicyclic amines) is 1. The van der Waals surface area contributed by atoms with Crippen molar-refractivity contribution in [3.8, 4) is 0 Å². The van der Waals surface area contributed by atoms with Crippen LogP contribution in [0.25, 0.3) is 0 Å². The van der Waals surface area contributed by atoms with Gasteiger partial charge in [0.2, 0.25) is 5.96 Å². The third kappa shape index (κ3) is 10.0. The summed E-state index contributed by atoms with van der Waals surface area (Å²) >= 11 is 6.04. The zero-order valence-corrected chi connectivity index (χ0v) is 27.3. The molecule has 2 aromatic carbocycles. The van der Waals surface area contributed by atoms with Crippen molar-refractivity contribution in [2.45, 2.75) is 66.4 Å². The second-order valence-electron chi connectivity index (χ2n) is 11.3. The van der Waals surface area contributed by atoms with Crippen LogP contribution in [0.4, 0.5) is 5.69 Å². The van der Waals surface area contributed by atoms with Crippen LogP contribution in [-0.4, -0.2) is 48.6 Å². The lowest BCUT2D eigenvalue weighted by atomic mass is 9.74. The molecule has 1 aliphatic rings. The second-order valence-corrected chi connectivity index (χ2v) is 11.7. The Hall–Kier alpha value is -3.09. The third-order valence-electron chi connectivity index (χ3n) is 8.22. The number of thiocarbonyl (C=S) groups is 1. The number of guanidine groups is 1. The summed E-state index contributed by atoms with van der Waals surface area (Å²) in [4.78, 5) is 12.9. The Labute approximate surface area is 259 Å². The van der Waals surface area contributed by atoms with Crippen LogP contribution in [-0.2, 0) is 11.3 Å². The summed E-state index contributed by atoms with van der Waals surface area (Å²) in [6.45, 7) is 11.7. The minimum absolute atomic E-state index is 0.379. The highest BCUT2D eigenvalue weighted by Crippen LogP contribution is 2.34. The van der Waals surface area contributed by atoms with Crippen molar-refractivity contribution in [2.75, 3.05) is 32.5 Å². The molecule has 0 aromatic heterocycles. The number of anilines is 1. The molecule has 2 atom stereocenters. The maximum atomic E-state index is 6.26. The molecule has 1 saturated heterocycles. The van der Waals surface area contributed by atoms with Crippen LogP contribution in [0.5, 0.6) is 0 Å². The average Bonchev–Trinajstić information content (AvgIpc) is 3.02. The number of nitrogens with one attached hydrogen (secondary N) is 1. The first-order chi connectivity index (χ1) is 20.4. The number of rotatable bonds is 13. The van der Waals surface area contributed by atoms with Crippen LogP contribution in [0.2, 0.25) is 0 Å². The molecule has 0 spiro atoms. The van der Waals surface area contributed by atoms with Gasteiger partial charge in [0.25, 0.3) is 0 Å². The van der Waals surface area contributed by atoms with E-state index in [1.54, 1.807) is 7.05 Å². The van der Waals surface area contributed by atoms with E-state index in [-0.39, 0.29) is 0 Å². The van der Waals surface area contributed by atoms with E-state index in [1.807, 2.05) is 43.4 Å². The van der Waals surface area contributed by atoms with Gasteiger partial charge in [0, 0.05) is 17.6 Å². The minimum atomic E-state index is 0.379. The fourth-order valence-electron chi connectivity index (χ4n) is 5.74. The van der Waals surface area contributed by atoms with E-state index in [0.717, 1.165) is 51.9 Å². The van der Waals surface area contributed by atoms with Crippen molar-refractivity contribution in [1.29, 1.82) is 0 Å². The maximum Gasteiger partial charge on any atom is 0.222 e. The number of piperidine rings is 1. The van der Waals surface area contributed by atoms with E-state index in [2.05, 4.69) is 79.4 Å². The lowest BCUT2D eigenvalue weighted by molar-refractivity contribution is 0.152. The lowest BCUT2D eigenvalue weighted by Gasteiger charge is -2.37. The summed E-state index contributed by atoms with van der Waals surface area (Å²) in [5.74, 6) is 3.06. The Morgan fingerprint density at radius 3 is 2.38 bits per heavy atom. The smallest absolute Gasteiger partial charge is 0.222 e. The number of ether oxygens (including phenoxy) is 1. The predicted octanol–water partition coefficient (Wildman–Crippen LogP) is 8.72. The molecule has 1 fully saturated rings. The van der Waals surface area contributed by atoms with Gasteiger partial charge in [-0.1, -0.05) is 100 Å². The van der Waals surface area contributed by atoms with Crippen LogP contribution in [0.1, 0.15) is 70.9 Å². The van der Waals surface area contributed by atoms with Gasteiger partial charge in [-0.25, -0.2) is 4.99 Å². The molecule has 2 unspecified atom stereocenters. The zero-order valence-electron chi connectivity index (χ0n) is 26.5. The number of allylic oxidation sites excluding steroid dienone is 4. The fraction of sp³-hybridized carbons (Fsp3) is 0.472. The average molecular weight is 587 g/mol. The Bertz CT molecular complexity index is 1220. The Morgan fingerprint density at radius 2 is 1.79 bits per heavy atom. The quantitative estimate of drug-likeness (QED) is 0.0637. The SMILES string of the molecule is CC=CC=C(OCc1ccccc1)C(CCC)=NC(=NC)Nc1ccc(C(=S)C(C)C(CC)C2CCN(C)CC2)cc1. The summed E-state index contributed by atoms with van der Waals surface area (Å²) in [5, 5.41) is 3.40. The second kappa shape index (κ2) is 17.8. The molecule has 1 N–H and O–H groups in total. The van der Waals surface area contributed by atoms with Crippen molar-refractivity contribution in [3.05, 3.63) is 89.7 Å². The summed E-state index contributed by atoms with van der Waals surface area (Å²) in [6.07, 6.45) is 11.4. The van der Waals surface area contributed by atoms with Crippen LogP contribution in [0.3, 0.4) is 0 Å². The molecule has 5 nitrogen and oxygen atoms in total. The van der Waals surface area contributed by atoms with Crippen molar-refractivity contribution in [1.82, 2.24) is 4.90 Å². The van der Waals surface area contributed by atoms with Gasteiger partial charge in [0.15, 0.2) is 0 Å². The van der Waals surface area contributed by atoms with Gasteiger partial charge in [-0.15, -0.1) is 0 Å². The molecule has 42 heavy (non-hydrogen) atoms. The van der Waals surface area contributed by atoms with E-state index in [1.165, 1.54) is 32.4 Å². The van der Waals surface area contributed by atoms with Crippen LogP contribution >= 0.6 is 12.2 Å². The molecule has 1 aliphatic heterocycles. The molecule has 2 aromatic rings. The largest absolute Gasteiger partial charge is 0.487 e. The van der Waals surface area contributed by atoms with Crippen molar-refractivity contribution in [3.63, 3.8) is 0 Å². The lowest BCUT2D eigenvalue weighted by Crippen LogP contribution is -2.36. The molecule has 0 radical (unpaired) electrons.